The molecule has 160 valence electrons. The Morgan fingerprint density at radius 1 is 0.933 bits per heavy atom. The number of anilines is 2. The van der Waals surface area contributed by atoms with Crippen molar-refractivity contribution in [3.63, 3.8) is 0 Å². The fourth-order valence-electron chi connectivity index (χ4n) is 3.67. The fraction of sp³-hybridized carbons (Fsp3) is 0.391. The molecule has 1 heterocycles. The summed E-state index contributed by atoms with van der Waals surface area (Å²) in [6.45, 7) is 7.09. The van der Waals surface area contributed by atoms with Crippen LogP contribution in [0.2, 0.25) is 0 Å². The summed E-state index contributed by atoms with van der Waals surface area (Å²) in [6, 6.07) is 13.7. The fourth-order valence-corrected chi connectivity index (χ4v) is 4.22. The second-order valence-corrected chi connectivity index (χ2v) is 8.41. The van der Waals surface area contributed by atoms with Gasteiger partial charge in [0.05, 0.1) is 12.2 Å². The average Bonchev–Trinajstić information content (AvgIpc) is 2.97. The zero-order valence-corrected chi connectivity index (χ0v) is 18.7. The standard InChI is InChI=1S/C23H30N4O2S/c1-17-8-6-9-18(2)22(17)25-21(28)16-26-12-7-13-27(15-14-26)23(29)24-19-10-4-5-11-20(19)30-3/h4-6,8-11H,7,12-16H2,1-3H3,(H,24,29)(H,25,28). The predicted octanol–water partition coefficient (Wildman–Crippen LogP) is 4.20. The summed E-state index contributed by atoms with van der Waals surface area (Å²) in [5.74, 6) is -0.0146. The molecule has 1 aliphatic rings. The lowest BCUT2D eigenvalue weighted by atomic mass is 10.1. The molecule has 0 bridgehead atoms. The lowest BCUT2D eigenvalue weighted by molar-refractivity contribution is -0.117. The monoisotopic (exact) mass is 426 g/mol. The number of amides is 3. The van der Waals surface area contributed by atoms with Gasteiger partial charge >= 0.3 is 6.03 Å². The number of nitrogens with one attached hydrogen (secondary N) is 2. The SMILES string of the molecule is CSc1ccccc1NC(=O)N1CCCN(CC(=O)Nc2c(C)cccc2C)CC1. The molecule has 0 unspecified atom stereocenters. The summed E-state index contributed by atoms with van der Waals surface area (Å²) in [6.07, 6.45) is 2.84. The Morgan fingerprint density at radius 3 is 2.40 bits per heavy atom. The first-order valence-electron chi connectivity index (χ1n) is 10.3. The summed E-state index contributed by atoms with van der Waals surface area (Å²) in [5.41, 5.74) is 3.86. The van der Waals surface area contributed by atoms with Crippen molar-refractivity contribution in [2.45, 2.75) is 25.2 Å². The van der Waals surface area contributed by atoms with Gasteiger partial charge in [0.2, 0.25) is 5.91 Å². The summed E-state index contributed by atoms with van der Waals surface area (Å²) in [5, 5.41) is 6.08. The minimum absolute atomic E-state index is 0.0146. The quantitative estimate of drug-likeness (QED) is 0.703. The molecule has 0 saturated carbocycles. The van der Waals surface area contributed by atoms with Crippen LogP contribution in [0, 0.1) is 13.8 Å². The third-order valence-electron chi connectivity index (χ3n) is 5.34. The van der Waals surface area contributed by atoms with Crippen LogP contribution in [0.25, 0.3) is 0 Å². The van der Waals surface area contributed by atoms with Gasteiger partial charge in [0.15, 0.2) is 0 Å². The number of urea groups is 1. The van der Waals surface area contributed by atoms with Gasteiger partial charge in [0.25, 0.3) is 0 Å². The molecular formula is C23H30N4O2S. The first kappa shape index (κ1) is 22.2. The Labute approximate surface area is 183 Å². The van der Waals surface area contributed by atoms with E-state index in [0.717, 1.165) is 40.4 Å². The number of thioether (sulfide) groups is 1. The topological polar surface area (TPSA) is 64.7 Å². The maximum absolute atomic E-state index is 12.7. The number of hydrogen-bond acceptors (Lipinski definition) is 4. The lowest BCUT2D eigenvalue weighted by Crippen LogP contribution is -2.39. The molecule has 0 aliphatic carbocycles. The van der Waals surface area contributed by atoms with Crippen LogP contribution in [-0.4, -0.2) is 60.7 Å². The van der Waals surface area contributed by atoms with Crippen molar-refractivity contribution in [3.8, 4) is 0 Å². The largest absolute Gasteiger partial charge is 0.324 e. The second kappa shape index (κ2) is 10.5. The molecule has 7 heteroatoms. The molecule has 3 rings (SSSR count). The van der Waals surface area contributed by atoms with Crippen LogP contribution in [0.1, 0.15) is 17.5 Å². The third kappa shape index (κ3) is 5.77. The first-order chi connectivity index (χ1) is 14.5. The molecule has 2 N–H and O–H groups in total. The predicted molar refractivity (Wildman–Crippen MR) is 124 cm³/mol. The molecule has 0 spiro atoms. The Bertz CT molecular complexity index is 882. The molecule has 2 aromatic rings. The lowest BCUT2D eigenvalue weighted by Gasteiger charge is -2.23. The summed E-state index contributed by atoms with van der Waals surface area (Å²) in [7, 11) is 0. The van der Waals surface area contributed by atoms with Crippen LogP contribution >= 0.6 is 11.8 Å². The van der Waals surface area contributed by atoms with Crippen molar-refractivity contribution < 1.29 is 9.59 Å². The van der Waals surface area contributed by atoms with E-state index in [1.54, 1.807) is 11.8 Å². The molecule has 3 amide bonds. The highest BCUT2D eigenvalue weighted by Gasteiger charge is 2.21. The van der Waals surface area contributed by atoms with Gasteiger partial charge in [-0.05, 0) is 49.8 Å². The zero-order chi connectivity index (χ0) is 21.5. The van der Waals surface area contributed by atoms with Crippen LogP contribution in [0.3, 0.4) is 0 Å². The van der Waals surface area contributed by atoms with Crippen LogP contribution in [-0.2, 0) is 4.79 Å². The van der Waals surface area contributed by atoms with Crippen LogP contribution in [0.5, 0.6) is 0 Å². The Morgan fingerprint density at radius 2 is 1.67 bits per heavy atom. The van der Waals surface area contributed by atoms with E-state index < -0.39 is 0 Å². The molecule has 0 atom stereocenters. The third-order valence-corrected chi connectivity index (χ3v) is 6.13. The normalized spacial score (nSPS) is 14.8. The van der Waals surface area contributed by atoms with Crippen molar-refractivity contribution in [2.75, 3.05) is 49.6 Å². The molecule has 6 nitrogen and oxygen atoms in total. The summed E-state index contributed by atoms with van der Waals surface area (Å²) >= 11 is 1.61. The zero-order valence-electron chi connectivity index (χ0n) is 17.9. The van der Waals surface area contributed by atoms with Gasteiger partial charge in [-0.25, -0.2) is 4.79 Å². The van der Waals surface area contributed by atoms with Gasteiger partial charge in [0.1, 0.15) is 0 Å². The van der Waals surface area contributed by atoms with E-state index in [4.69, 9.17) is 0 Å². The molecular weight excluding hydrogens is 396 g/mol. The summed E-state index contributed by atoms with van der Waals surface area (Å²) in [4.78, 5) is 30.3. The van der Waals surface area contributed by atoms with Gasteiger partial charge in [-0.2, -0.15) is 0 Å². The number of aryl methyl sites for hydroxylation is 2. The number of carbonyl (C=O) groups is 2. The van der Waals surface area contributed by atoms with E-state index in [0.29, 0.717) is 26.2 Å². The van der Waals surface area contributed by atoms with Crippen molar-refractivity contribution >= 4 is 35.1 Å². The molecule has 1 saturated heterocycles. The van der Waals surface area contributed by atoms with Gasteiger partial charge in [-0.15, -0.1) is 11.8 Å². The Balaban J connectivity index is 1.53. The van der Waals surface area contributed by atoms with Gasteiger partial charge in [-0.1, -0.05) is 30.3 Å². The van der Waals surface area contributed by atoms with Gasteiger partial charge in [0, 0.05) is 36.8 Å². The minimum Gasteiger partial charge on any atom is -0.324 e. The molecule has 30 heavy (non-hydrogen) atoms. The number of hydrogen-bond donors (Lipinski definition) is 2. The van der Waals surface area contributed by atoms with E-state index in [2.05, 4.69) is 15.5 Å². The number of benzene rings is 2. The van der Waals surface area contributed by atoms with E-state index in [-0.39, 0.29) is 11.9 Å². The van der Waals surface area contributed by atoms with Crippen molar-refractivity contribution in [2.24, 2.45) is 0 Å². The molecule has 1 aliphatic heterocycles. The van der Waals surface area contributed by atoms with Gasteiger partial charge < -0.3 is 15.5 Å². The number of para-hydroxylation sites is 2. The highest BCUT2D eigenvalue weighted by Crippen LogP contribution is 2.25. The van der Waals surface area contributed by atoms with E-state index in [9.17, 15) is 9.59 Å². The Kier molecular flexibility index (Phi) is 7.76. The highest BCUT2D eigenvalue weighted by atomic mass is 32.2. The number of rotatable bonds is 5. The van der Waals surface area contributed by atoms with E-state index in [1.807, 2.05) is 67.5 Å². The molecule has 0 aromatic heterocycles. The van der Waals surface area contributed by atoms with Crippen molar-refractivity contribution in [3.05, 3.63) is 53.6 Å². The number of carbonyl (C=O) groups excluding carboxylic acids is 2. The smallest absolute Gasteiger partial charge is 0.321 e. The maximum Gasteiger partial charge on any atom is 0.321 e. The van der Waals surface area contributed by atoms with Crippen molar-refractivity contribution in [1.82, 2.24) is 9.80 Å². The van der Waals surface area contributed by atoms with Crippen LogP contribution in [0.4, 0.5) is 16.2 Å². The summed E-state index contributed by atoms with van der Waals surface area (Å²) < 4.78 is 0. The Hall–Kier alpha value is -2.51. The van der Waals surface area contributed by atoms with E-state index in [1.165, 1.54) is 0 Å². The molecule has 1 fully saturated rings. The van der Waals surface area contributed by atoms with Crippen LogP contribution < -0.4 is 10.6 Å². The average molecular weight is 427 g/mol. The van der Waals surface area contributed by atoms with E-state index >= 15 is 0 Å². The van der Waals surface area contributed by atoms with Gasteiger partial charge in [-0.3, -0.25) is 9.69 Å². The number of nitrogens with zero attached hydrogens (tertiary/aromatic N) is 2. The second-order valence-electron chi connectivity index (χ2n) is 7.56. The van der Waals surface area contributed by atoms with Crippen LogP contribution in [0.15, 0.2) is 47.4 Å². The minimum atomic E-state index is -0.0849. The highest BCUT2D eigenvalue weighted by molar-refractivity contribution is 7.98. The first-order valence-corrected chi connectivity index (χ1v) is 11.5. The maximum atomic E-state index is 12.7. The molecule has 2 aromatic carbocycles. The molecule has 0 radical (unpaired) electrons. The van der Waals surface area contributed by atoms with Crippen molar-refractivity contribution in [1.29, 1.82) is 0 Å².